The van der Waals surface area contributed by atoms with Gasteiger partial charge in [-0.25, -0.2) is 0 Å². The third-order valence-corrected chi connectivity index (χ3v) is 3.63. The molecule has 0 N–H and O–H groups in total. The molecule has 1 aromatic rings. The number of benzene rings is 1. The van der Waals surface area contributed by atoms with Crippen molar-refractivity contribution in [3.05, 3.63) is 31.2 Å². The van der Waals surface area contributed by atoms with Gasteiger partial charge in [-0.1, -0.05) is 46.4 Å². The molecule has 0 atom stereocenters. The Kier molecular flexibility index (Phi) is 4.56. The van der Waals surface area contributed by atoms with Gasteiger partial charge in [0.2, 0.25) is 0 Å². The van der Waals surface area contributed by atoms with E-state index in [9.17, 15) is 9.59 Å². The molecule has 0 unspecified atom stereocenters. The molecule has 0 aromatic heterocycles. The van der Waals surface area contributed by atoms with E-state index < -0.39 is 27.7 Å². The molecule has 0 saturated carbocycles. The van der Waals surface area contributed by atoms with E-state index in [0.29, 0.717) is 0 Å². The van der Waals surface area contributed by atoms with Crippen LogP contribution in [0.5, 0.6) is 0 Å². The number of nitrogens with zero attached hydrogens (tertiary/aromatic N) is 2. The van der Waals surface area contributed by atoms with Crippen LogP contribution in [-0.4, -0.2) is 11.6 Å². The highest BCUT2D eigenvalue weighted by molar-refractivity contribution is 6.54. The first-order chi connectivity index (χ1) is 8.36. The molecule has 0 amide bonds. The summed E-state index contributed by atoms with van der Waals surface area (Å²) in [4.78, 5) is 22.7. The molecular weight excluding hydrogens is 322 g/mol. The predicted octanol–water partition coefficient (Wildman–Crippen LogP) is 3.71. The summed E-state index contributed by atoms with van der Waals surface area (Å²) in [5.41, 5.74) is -0.900. The summed E-state index contributed by atoms with van der Waals surface area (Å²) >= 11 is 22.9. The zero-order valence-electron chi connectivity index (χ0n) is 8.22. The monoisotopic (exact) mass is 320 g/mol. The summed E-state index contributed by atoms with van der Waals surface area (Å²) in [5, 5.41) is 15.6. The van der Waals surface area contributed by atoms with Gasteiger partial charge in [0, 0.05) is 0 Å². The molecule has 0 saturated heterocycles. The van der Waals surface area contributed by atoms with Crippen LogP contribution in [0.4, 0.5) is 0 Å². The average Bonchev–Trinajstić information content (AvgIpc) is 2.35. The first-order valence-corrected chi connectivity index (χ1v) is 5.62. The number of ketones is 2. The van der Waals surface area contributed by atoms with E-state index >= 15 is 0 Å². The summed E-state index contributed by atoms with van der Waals surface area (Å²) in [6, 6.07) is 2.58. The predicted molar refractivity (Wildman–Crippen MR) is 66.4 cm³/mol. The highest BCUT2D eigenvalue weighted by Gasteiger charge is 2.27. The van der Waals surface area contributed by atoms with Crippen LogP contribution >= 0.6 is 46.4 Å². The van der Waals surface area contributed by atoms with Crippen LogP contribution in [0.25, 0.3) is 0 Å². The van der Waals surface area contributed by atoms with Crippen molar-refractivity contribution in [2.24, 2.45) is 0 Å². The van der Waals surface area contributed by atoms with Crippen molar-refractivity contribution >= 4 is 58.0 Å². The van der Waals surface area contributed by atoms with Gasteiger partial charge in [0.1, 0.15) is 12.1 Å². The first-order valence-electron chi connectivity index (χ1n) is 4.11. The molecule has 0 aliphatic heterocycles. The van der Waals surface area contributed by atoms with Crippen molar-refractivity contribution in [3.63, 3.8) is 0 Å². The minimum atomic E-state index is -1.09. The Balaban J connectivity index is 3.84. The van der Waals surface area contributed by atoms with Gasteiger partial charge in [0.15, 0.2) is 0 Å². The third kappa shape index (κ3) is 2.29. The van der Waals surface area contributed by atoms with Crippen LogP contribution < -0.4 is 0 Å². The van der Waals surface area contributed by atoms with Crippen LogP contribution in [-0.2, 0) is 0 Å². The van der Waals surface area contributed by atoms with Crippen LogP contribution in [0.1, 0.15) is 20.7 Å². The zero-order valence-corrected chi connectivity index (χ0v) is 11.2. The molecule has 0 aliphatic rings. The number of hydrogen-bond acceptors (Lipinski definition) is 4. The minimum Gasteiger partial charge on any atom is -0.277 e. The third-order valence-electron chi connectivity index (χ3n) is 1.92. The molecule has 18 heavy (non-hydrogen) atoms. The highest BCUT2D eigenvalue weighted by Crippen LogP contribution is 2.41. The molecule has 4 nitrogen and oxygen atoms in total. The lowest BCUT2D eigenvalue weighted by Crippen LogP contribution is -2.06. The summed E-state index contributed by atoms with van der Waals surface area (Å²) in [5.74, 6) is -2.17. The summed E-state index contributed by atoms with van der Waals surface area (Å²) < 4.78 is 0. The smallest absolute Gasteiger partial charge is 0.265 e. The molecule has 1 rings (SSSR count). The van der Waals surface area contributed by atoms with Gasteiger partial charge in [-0.2, -0.15) is 10.5 Å². The van der Waals surface area contributed by atoms with E-state index in [-0.39, 0.29) is 15.1 Å². The fraction of sp³-hybridized carbons (Fsp3) is 0. The average molecular weight is 322 g/mol. The Hall–Kier alpha value is -1.30. The van der Waals surface area contributed by atoms with Crippen molar-refractivity contribution in [3.8, 4) is 12.1 Å². The van der Waals surface area contributed by atoms with E-state index in [1.54, 1.807) is 0 Å². The maximum absolute atomic E-state index is 11.4. The Bertz CT molecular complexity index is 602. The maximum Gasteiger partial charge on any atom is 0.265 e. The lowest BCUT2D eigenvalue weighted by atomic mass is 10.0. The molecule has 90 valence electrons. The largest absolute Gasteiger partial charge is 0.277 e. The lowest BCUT2D eigenvalue weighted by Gasteiger charge is -2.10. The Morgan fingerprint density at radius 2 is 1.06 bits per heavy atom. The number of hydrogen-bond donors (Lipinski definition) is 0. The molecule has 0 aliphatic carbocycles. The van der Waals surface area contributed by atoms with Crippen LogP contribution in [0.2, 0.25) is 20.1 Å². The van der Waals surface area contributed by atoms with Crippen molar-refractivity contribution in [1.29, 1.82) is 10.5 Å². The van der Waals surface area contributed by atoms with Crippen molar-refractivity contribution in [2.45, 2.75) is 0 Å². The SMILES string of the molecule is N#CC(=O)c1c(Cl)c(Cl)c(Cl)c(C(=O)C#N)c1Cl. The van der Waals surface area contributed by atoms with Gasteiger partial charge >= 0.3 is 0 Å². The molecule has 0 spiro atoms. The maximum atomic E-state index is 11.4. The Morgan fingerprint density at radius 3 is 1.33 bits per heavy atom. The second-order valence-electron chi connectivity index (χ2n) is 2.89. The van der Waals surface area contributed by atoms with Gasteiger partial charge in [-0.3, -0.25) is 9.59 Å². The molecule has 0 heterocycles. The number of rotatable bonds is 2. The normalized spacial score (nSPS) is 9.44. The number of carbonyl (C=O) groups is 2. The van der Waals surface area contributed by atoms with Crippen LogP contribution in [0.15, 0.2) is 0 Å². The summed E-state index contributed by atoms with van der Waals surface area (Å²) in [6.45, 7) is 0. The van der Waals surface area contributed by atoms with Crippen molar-refractivity contribution in [1.82, 2.24) is 0 Å². The van der Waals surface area contributed by atoms with Gasteiger partial charge in [-0.05, 0) is 0 Å². The number of carbonyl (C=O) groups excluding carboxylic acids is 2. The van der Waals surface area contributed by atoms with E-state index in [1.165, 1.54) is 12.1 Å². The van der Waals surface area contributed by atoms with E-state index in [1.807, 2.05) is 0 Å². The molecule has 8 heteroatoms. The number of nitriles is 2. The lowest BCUT2D eigenvalue weighted by molar-refractivity contribution is 0.105. The highest BCUT2D eigenvalue weighted by atomic mass is 35.5. The van der Waals surface area contributed by atoms with Gasteiger partial charge in [-0.15, -0.1) is 0 Å². The minimum absolute atomic E-state index is 0.320. The second kappa shape index (κ2) is 5.56. The van der Waals surface area contributed by atoms with E-state index in [2.05, 4.69) is 0 Å². The molecule has 0 radical (unpaired) electrons. The summed E-state index contributed by atoms with van der Waals surface area (Å²) in [6.07, 6.45) is 0. The fourth-order valence-corrected chi connectivity index (χ4v) is 2.39. The quantitative estimate of drug-likeness (QED) is 0.360. The molecule has 0 bridgehead atoms. The molecule has 1 aromatic carbocycles. The van der Waals surface area contributed by atoms with Crippen molar-refractivity contribution in [2.75, 3.05) is 0 Å². The second-order valence-corrected chi connectivity index (χ2v) is 4.40. The summed E-state index contributed by atoms with van der Waals surface area (Å²) in [7, 11) is 0. The molecule has 0 fully saturated rings. The van der Waals surface area contributed by atoms with Gasteiger partial charge in [0.05, 0.1) is 31.2 Å². The Morgan fingerprint density at radius 1 is 0.722 bits per heavy atom. The van der Waals surface area contributed by atoms with Crippen LogP contribution in [0, 0.1) is 22.7 Å². The fourth-order valence-electron chi connectivity index (χ4n) is 1.14. The van der Waals surface area contributed by atoms with E-state index in [0.717, 1.165) is 0 Å². The topological polar surface area (TPSA) is 81.7 Å². The zero-order chi connectivity index (χ0) is 14.0. The number of Topliss-reactive ketones (excluding diaryl/α,β-unsaturated/α-hetero) is 2. The first kappa shape index (κ1) is 14.8. The molecular formula is C10Cl4N2O2. The van der Waals surface area contributed by atoms with E-state index in [4.69, 9.17) is 56.9 Å². The van der Waals surface area contributed by atoms with Crippen LogP contribution in [0.3, 0.4) is 0 Å². The van der Waals surface area contributed by atoms with Gasteiger partial charge in [0.25, 0.3) is 11.6 Å². The van der Waals surface area contributed by atoms with Crippen molar-refractivity contribution < 1.29 is 9.59 Å². The Labute approximate surface area is 121 Å². The number of halogens is 4. The standard InChI is InChI=1S/C10Cl4N2O2/c11-7-5(3(17)1-15)8(12)10(14)9(13)6(7)4(18)2-16. The van der Waals surface area contributed by atoms with Gasteiger partial charge < -0.3 is 0 Å².